The first-order valence-electron chi connectivity index (χ1n) is 7.98. The van der Waals surface area contributed by atoms with Gasteiger partial charge in [-0.2, -0.15) is 0 Å². The molecule has 1 saturated carbocycles. The molecule has 0 aliphatic heterocycles. The first kappa shape index (κ1) is 16.0. The third kappa shape index (κ3) is 3.84. The van der Waals surface area contributed by atoms with Crippen LogP contribution < -0.4 is 15.8 Å². The maximum absolute atomic E-state index is 12.6. The molecule has 0 aromatic carbocycles. The Bertz CT molecular complexity index is 503. The summed E-state index contributed by atoms with van der Waals surface area (Å²) in [5.41, 5.74) is 0.0319. The Morgan fingerprint density at radius 2 is 2.05 bits per heavy atom. The highest BCUT2D eigenvalue weighted by atomic mass is 16.1. The normalized spacial score (nSPS) is 22.5. The van der Waals surface area contributed by atoms with Gasteiger partial charge in [-0.1, -0.05) is 13.8 Å². The lowest BCUT2D eigenvalue weighted by molar-refractivity contribution is 0.349. The summed E-state index contributed by atoms with van der Waals surface area (Å²) in [6, 6.07) is 1.04. The van der Waals surface area contributed by atoms with Crippen LogP contribution in [0.25, 0.3) is 0 Å². The number of nitrogens with zero attached hydrogens (tertiary/aromatic N) is 3. The lowest BCUT2D eigenvalue weighted by Gasteiger charge is -2.35. The van der Waals surface area contributed by atoms with Crippen LogP contribution >= 0.6 is 0 Å². The Morgan fingerprint density at radius 1 is 1.38 bits per heavy atom. The van der Waals surface area contributed by atoms with Gasteiger partial charge in [0.05, 0.1) is 0 Å². The quantitative estimate of drug-likeness (QED) is 0.900. The molecule has 0 spiro atoms. The molecule has 0 atom stereocenters. The summed E-state index contributed by atoms with van der Waals surface area (Å²) in [6.45, 7) is 4.99. The van der Waals surface area contributed by atoms with E-state index >= 15 is 0 Å². The molecule has 118 valence electrons. The van der Waals surface area contributed by atoms with Gasteiger partial charge in [-0.3, -0.25) is 4.79 Å². The first-order chi connectivity index (χ1) is 10.0. The molecule has 0 unspecified atom stereocenters. The first-order valence-corrected chi connectivity index (χ1v) is 7.98. The van der Waals surface area contributed by atoms with Crippen molar-refractivity contribution < 1.29 is 0 Å². The molecule has 1 aromatic heterocycles. The zero-order valence-electron chi connectivity index (χ0n) is 13.7. The fourth-order valence-electron chi connectivity index (χ4n) is 3.14. The number of nitrogens with one attached hydrogen (secondary N) is 1. The second-order valence-electron chi connectivity index (χ2n) is 6.51. The third-order valence-electron chi connectivity index (χ3n) is 4.44. The van der Waals surface area contributed by atoms with Gasteiger partial charge in [0.15, 0.2) is 5.82 Å². The van der Waals surface area contributed by atoms with Crippen molar-refractivity contribution in [3.05, 3.63) is 22.7 Å². The van der Waals surface area contributed by atoms with E-state index in [4.69, 9.17) is 0 Å². The van der Waals surface area contributed by atoms with Gasteiger partial charge in [0.2, 0.25) is 0 Å². The summed E-state index contributed by atoms with van der Waals surface area (Å²) in [5, 5.41) is 3.35. The second-order valence-corrected chi connectivity index (χ2v) is 6.51. The maximum atomic E-state index is 12.6. The molecule has 1 fully saturated rings. The highest BCUT2D eigenvalue weighted by molar-refractivity contribution is 5.36. The molecule has 0 amide bonds. The predicted octanol–water partition coefficient (Wildman–Crippen LogP) is 1.87. The SMILES string of the molecule is CNC1CCC(N(C)c2nccn(CC(C)C)c2=O)CC1. The molecule has 1 heterocycles. The summed E-state index contributed by atoms with van der Waals surface area (Å²) < 4.78 is 1.78. The molecule has 0 radical (unpaired) electrons. The third-order valence-corrected chi connectivity index (χ3v) is 4.44. The van der Waals surface area contributed by atoms with Crippen LogP contribution in [0.15, 0.2) is 17.2 Å². The van der Waals surface area contributed by atoms with E-state index in [0.717, 1.165) is 19.4 Å². The second kappa shape index (κ2) is 7.07. The van der Waals surface area contributed by atoms with Crippen LogP contribution in [-0.4, -0.2) is 35.7 Å². The van der Waals surface area contributed by atoms with Crippen molar-refractivity contribution in [2.24, 2.45) is 5.92 Å². The molecule has 5 nitrogen and oxygen atoms in total. The van der Waals surface area contributed by atoms with Gasteiger partial charge in [-0.05, 0) is 38.6 Å². The maximum Gasteiger partial charge on any atom is 0.293 e. The predicted molar refractivity (Wildman–Crippen MR) is 86.8 cm³/mol. The lowest BCUT2D eigenvalue weighted by atomic mass is 9.90. The van der Waals surface area contributed by atoms with E-state index in [1.165, 1.54) is 12.8 Å². The van der Waals surface area contributed by atoms with Crippen LogP contribution in [0, 0.1) is 5.92 Å². The van der Waals surface area contributed by atoms with E-state index in [1.54, 1.807) is 17.0 Å². The van der Waals surface area contributed by atoms with Gasteiger partial charge in [0.1, 0.15) is 0 Å². The molecule has 0 bridgehead atoms. The van der Waals surface area contributed by atoms with Gasteiger partial charge in [0, 0.05) is 38.1 Å². The van der Waals surface area contributed by atoms with E-state index in [2.05, 4.69) is 29.0 Å². The van der Waals surface area contributed by atoms with Crippen LogP contribution in [0.3, 0.4) is 0 Å². The minimum absolute atomic E-state index is 0.0319. The van der Waals surface area contributed by atoms with Crippen molar-refractivity contribution in [3.63, 3.8) is 0 Å². The molecule has 21 heavy (non-hydrogen) atoms. The van der Waals surface area contributed by atoms with Gasteiger partial charge in [-0.15, -0.1) is 0 Å². The van der Waals surface area contributed by atoms with E-state index in [0.29, 0.717) is 23.8 Å². The van der Waals surface area contributed by atoms with Crippen LogP contribution in [0.2, 0.25) is 0 Å². The van der Waals surface area contributed by atoms with Gasteiger partial charge in [0.25, 0.3) is 5.56 Å². The molecular weight excluding hydrogens is 264 g/mol. The highest BCUT2D eigenvalue weighted by Crippen LogP contribution is 2.23. The van der Waals surface area contributed by atoms with Crippen molar-refractivity contribution in [1.29, 1.82) is 0 Å². The lowest BCUT2D eigenvalue weighted by Crippen LogP contribution is -2.42. The van der Waals surface area contributed by atoms with Crippen molar-refractivity contribution in [1.82, 2.24) is 14.9 Å². The Labute approximate surface area is 127 Å². The van der Waals surface area contributed by atoms with Crippen molar-refractivity contribution >= 4 is 5.82 Å². The van der Waals surface area contributed by atoms with Crippen LogP contribution in [0.1, 0.15) is 39.5 Å². The van der Waals surface area contributed by atoms with Gasteiger partial charge in [-0.25, -0.2) is 4.98 Å². The number of hydrogen-bond donors (Lipinski definition) is 1. The Balaban J connectivity index is 2.12. The largest absolute Gasteiger partial charge is 0.352 e. The van der Waals surface area contributed by atoms with Gasteiger partial charge < -0.3 is 14.8 Å². The van der Waals surface area contributed by atoms with E-state index in [9.17, 15) is 4.79 Å². The zero-order valence-corrected chi connectivity index (χ0v) is 13.7. The fraction of sp³-hybridized carbons (Fsp3) is 0.750. The highest BCUT2D eigenvalue weighted by Gasteiger charge is 2.25. The molecule has 2 rings (SSSR count). The zero-order chi connectivity index (χ0) is 15.4. The molecular formula is C16H28N4O. The molecule has 1 aliphatic rings. The van der Waals surface area contributed by atoms with Crippen LogP contribution in [0.5, 0.6) is 0 Å². The summed E-state index contributed by atoms with van der Waals surface area (Å²) >= 11 is 0. The Hall–Kier alpha value is -1.36. The molecule has 1 aromatic rings. The average molecular weight is 292 g/mol. The minimum Gasteiger partial charge on any atom is -0.352 e. The minimum atomic E-state index is 0.0319. The monoisotopic (exact) mass is 292 g/mol. The Kier molecular flexibility index (Phi) is 5.39. The van der Waals surface area contributed by atoms with E-state index in [1.807, 2.05) is 14.1 Å². The number of hydrogen-bond acceptors (Lipinski definition) is 4. The van der Waals surface area contributed by atoms with Crippen molar-refractivity contribution in [3.8, 4) is 0 Å². The number of aromatic nitrogens is 2. The summed E-state index contributed by atoms with van der Waals surface area (Å²) in [5.74, 6) is 1.04. The molecule has 0 saturated heterocycles. The van der Waals surface area contributed by atoms with Crippen LogP contribution in [0.4, 0.5) is 5.82 Å². The Morgan fingerprint density at radius 3 is 2.62 bits per heavy atom. The molecule has 1 aliphatic carbocycles. The van der Waals surface area contributed by atoms with Crippen molar-refractivity contribution in [2.45, 2.75) is 58.2 Å². The van der Waals surface area contributed by atoms with E-state index in [-0.39, 0.29) is 5.56 Å². The summed E-state index contributed by atoms with van der Waals surface area (Å²) in [6.07, 6.45) is 8.09. The molecule has 5 heteroatoms. The topological polar surface area (TPSA) is 50.2 Å². The molecule has 1 N–H and O–H groups in total. The fourth-order valence-corrected chi connectivity index (χ4v) is 3.14. The smallest absolute Gasteiger partial charge is 0.293 e. The average Bonchev–Trinajstić information content (AvgIpc) is 2.48. The van der Waals surface area contributed by atoms with Gasteiger partial charge >= 0.3 is 0 Å². The van der Waals surface area contributed by atoms with E-state index < -0.39 is 0 Å². The standard InChI is InChI=1S/C16H28N4O/c1-12(2)11-20-10-9-18-15(16(20)21)19(4)14-7-5-13(17-3)6-8-14/h9-10,12-14,17H,5-8,11H2,1-4H3. The van der Waals surface area contributed by atoms with Crippen molar-refractivity contribution in [2.75, 3.05) is 19.0 Å². The number of anilines is 1. The summed E-state index contributed by atoms with van der Waals surface area (Å²) in [4.78, 5) is 19.0. The van der Waals surface area contributed by atoms with Crippen LogP contribution in [-0.2, 0) is 6.54 Å². The summed E-state index contributed by atoms with van der Waals surface area (Å²) in [7, 11) is 4.03. The number of rotatable bonds is 5.